The number of nitrogens with zero attached hydrogens (tertiary/aromatic N) is 3. The second-order valence-electron chi connectivity index (χ2n) is 4.97. The summed E-state index contributed by atoms with van der Waals surface area (Å²) < 4.78 is 41.1. The fourth-order valence-electron chi connectivity index (χ4n) is 1.88. The Labute approximate surface area is 130 Å². The molecule has 1 aromatic carbocycles. The Bertz CT molecular complexity index is 683. The van der Waals surface area contributed by atoms with Crippen LogP contribution in [0.1, 0.15) is 18.1 Å². The van der Waals surface area contributed by atoms with Crippen molar-refractivity contribution in [3.8, 4) is 0 Å². The number of hydrogen-bond acceptors (Lipinski definition) is 5. The smallest absolute Gasteiger partial charge is 0.376 e. The first-order valence-corrected chi connectivity index (χ1v) is 6.73. The second-order valence-corrected chi connectivity index (χ2v) is 4.97. The van der Waals surface area contributed by atoms with Gasteiger partial charge in [0.25, 0.3) is 0 Å². The lowest BCUT2D eigenvalue weighted by Crippen LogP contribution is -2.17. The van der Waals surface area contributed by atoms with Gasteiger partial charge in [-0.15, -0.1) is 0 Å². The average molecular weight is 328 g/mol. The van der Waals surface area contributed by atoms with Gasteiger partial charge in [0.05, 0.1) is 11.4 Å². The van der Waals surface area contributed by atoms with Crippen molar-refractivity contribution in [3.63, 3.8) is 0 Å². The molecule has 0 aliphatic carbocycles. The largest absolute Gasteiger partial charge is 0.471 e. The van der Waals surface area contributed by atoms with Crippen LogP contribution in [-0.4, -0.2) is 30.1 Å². The van der Waals surface area contributed by atoms with Crippen molar-refractivity contribution in [1.82, 2.24) is 10.1 Å². The molecule has 9 heteroatoms. The third-order valence-electron chi connectivity index (χ3n) is 2.95. The summed E-state index contributed by atoms with van der Waals surface area (Å²) in [6.45, 7) is 0. The van der Waals surface area contributed by atoms with E-state index in [-0.39, 0.29) is 24.6 Å². The number of benzene rings is 1. The number of aryl methyl sites for hydroxylation is 1. The molecule has 0 unspecified atom stereocenters. The number of carbonyl (C=O) groups is 1. The molecule has 0 saturated carbocycles. The Morgan fingerprint density at radius 2 is 2.00 bits per heavy atom. The fraction of sp³-hybridized carbons (Fsp3) is 0.357. The van der Waals surface area contributed by atoms with Gasteiger partial charge in [-0.1, -0.05) is 17.3 Å². The Morgan fingerprint density at radius 3 is 2.61 bits per heavy atom. The SMILES string of the molecule is CN(C)c1ccccc1NC(=O)CCc1noc(C(F)(F)F)n1. The standard InChI is InChI=1S/C14H15F3N4O2/c1-21(2)10-6-4-3-5-9(10)18-12(22)8-7-11-19-13(23-20-11)14(15,16)17/h3-6H,7-8H2,1-2H3,(H,18,22). The molecule has 0 atom stereocenters. The van der Waals surface area contributed by atoms with Crippen molar-refractivity contribution in [3.05, 3.63) is 36.0 Å². The first-order chi connectivity index (χ1) is 10.8. The van der Waals surface area contributed by atoms with Crippen LogP contribution in [0.25, 0.3) is 0 Å². The highest BCUT2D eigenvalue weighted by Crippen LogP contribution is 2.27. The van der Waals surface area contributed by atoms with Crippen LogP contribution >= 0.6 is 0 Å². The number of rotatable bonds is 5. The van der Waals surface area contributed by atoms with Crippen LogP contribution in [0.15, 0.2) is 28.8 Å². The van der Waals surface area contributed by atoms with Gasteiger partial charge in [-0.3, -0.25) is 4.79 Å². The molecule has 2 aromatic rings. The van der Waals surface area contributed by atoms with Gasteiger partial charge in [0.1, 0.15) is 0 Å². The van der Waals surface area contributed by atoms with E-state index in [0.717, 1.165) is 5.69 Å². The summed E-state index contributed by atoms with van der Waals surface area (Å²) >= 11 is 0. The van der Waals surface area contributed by atoms with E-state index in [2.05, 4.69) is 20.0 Å². The Kier molecular flexibility index (Phi) is 4.87. The molecule has 124 valence electrons. The summed E-state index contributed by atoms with van der Waals surface area (Å²) in [4.78, 5) is 17.0. The molecule has 1 amide bonds. The molecule has 0 bridgehead atoms. The molecule has 6 nitrogen and oxygen atoms in total. The van der Waals surface area contributed by atoms with E-state index in [1.165, 1.54) is 0 Å². The Balaban J connectivity index is 1.95. The molecule has 1 N–H and O–H groups in total. The molecular weight excluding hydrogens is 313 g/mol. The number of anilines is 2. The molecule has 1 aromatic heterocycles. The minimum Gasteiger partial charge on any atom is -0.376 e. The maximum atomic E-state index is 12.3. The monoisotopic (exact) mass is 328 g/mol. The molecule has 1 heterocycles. The maximum absolute atomic E-state index is 12.3. The number of aromatic nitrogens is 2. The van der Waals surface area contributed by atoms with Crippen molar-refractivity contribution >= 4 is 17.3 Å². The molecule has 0 saturated heterocycles. The van der Waals surface area contributed by atoms with Crippen LogP contribution in [0.2, 0.25) is 0 Å². The predicted molar refractivity (Wildman–Crippen MR) is 77.0 cm³/mol. The van der Waals surface area contributed by atoms with Gasteiger partial charge >= 0.3 is 12.1 Å². The normalized spacial score (nSPS) is 11.3. The molecule has 0 aliphatic rings. The molecule has 0 aliphatic heterocycles. The number of halogens is 3. The van der Waals surface area contributed by atoms with Gasteiger partial charge < -0.3 is 14.7 Å². The first-order valence-electron chi connectivity index (χ1n) is 6.73. The molecule has 23 heavy (non-hydrogen) atoms. The fourth-order valence-corrected chi connectivity index (χ4v) is 1.88. The highest BCUT2D eigenvalue weighted by Gasteiger charge is 2.38. The topological polar surface area (TPSA) is 71.3 Å². The summed E-state index contributed by atoms with van der Waals surface area (Å²) in [5.41, 5.74) is 1.44. The highest BCUT2D eigenvalue weighted by molar-refractivity contribution is 5.94. The highest BCUT2D eigenvalue weighted by atomic mass is 19.4. The second kappa shape index (κ2) is 6.67. The molecule has 2 rings (SSSR count). The van der Waals surface area contributed by atoms with Gasteiger partial charge in [0.15, 0.2) is 5.82 Å². The Hall–Kier alpha value is -2.58. The van der Waals surface area contributed by atoms with Crippen molar-refractivity contribution in [2.24, 2.45) is 0 Å². The molecular formula is C14H15F3N4O2. The first kappa shape index (κ1) is 16.8. The lowest BCUT2D eigenvalue weighted by molar-refractivity contribution is -0.159. The van der Waals surface area contributed by atoms with Gasteiger partial charge in [0.2, 0.25) is 5.91 Å². The number of hydrogen-bond donors (Lipinski definition) is 1. The van der Waals surface area contributed by atoms with E-state index in [4.69, 9.17) is 0 Å². The van der Waals surface area contributed by atoms with E-state index >= 15 is 0 Å². The minimum atomic E-state index is -4.68. The van der Waals surface area contributed by atoms with Crippen LogP contribution in [0.4, 0.5) is 24.5 Å². The van der Waals surface area contributed by atoms with E-state index < -0.39 is 12.1 Å². The van der Waals surface area contributed by atoms with Crippen molar-refractivity contribution in [1.29, 1.82) is 0 Å². The Morgan fingerprint density at radius 1 is 1.30 bits per heavy atom. The van der Waals surface area contributed by atoms with Gasteiger partial charge in [-0.25, -0.2) is 0 Å². The quantitative estimate of drug-likeness (QED) is 0.914. The van der Waals surface area contributed by atoms with Gasteiger partial charge in [-0.05, 0) is 12.1 Å². The number of nitrogens with one attached hydrogen (secondary N) is 1. The molecule has 0 radical (unpaired) electrons. The number of para-hydroxylation sites is 2. The number of alkyl halides is 3. The van der Waals surface area contributed by atoms with E-state index in [0.29, 0.717) is 5.69 Å². The maximum Gasteiger partial charge on any atom is 0.471 e. The summed E-state index contributed by atoms with van der Waals surface area (Å²) in [6.07, 6.45) is -4.79. The lowest BCUT2D eigenvalue weighted by atomic mass is 10.2. The van der Waals surface area contributed by atoms with Crippen LogP contribution < -0.4 is 10.2 Å². The summed E-state index contributed by atoms with van der Waals surface area (Å²) in [7, 11) is 3.67. The van der Waals surface area contributed by atoms with Crippen LogP contribution in [0.3, 0.4) is 0 Å². The van der Waals surface area contributed by atoms with Gasteiger partial charge in [0, 0.05) is 26.9 Å². The number of amides is 1. The van der Waals surface area contributed by atoms with Crippen LogP contribution in [0.5, 0.6) is 0 Å². The van der Waals surface area contributed by atoms with Crippen LogP contribution in [-0.2, 0) is 17.4 Å². The molecule has 0 fully saturated rings. The summed E-state index contributed by atoms with van der Waals surface area (Å²) in [5, 5.41) is 5.92. The van der Waals surface area contributed by atoms with E-state index in [1.807, 2.05) is 31.1 Å². The summed E-state index contributed by atoms with van der Waals surface area (Å²) in [5.74, 6) is -1.92. The predicted octanol–water partition coefficient (Wildman–Crippen LogP) is 2.73. The van der Waals surface area contributed by atoms with Crippen LogP contribution in [0, 0.1) is 0 Å². The third-order valence-corrected chi connectivity index (χ3v) is 2.95. The lowest BCUT2D eigenvalue weighted by Gasteiger charge is -2.17. The zero-order valence-corrected chi connectivity index (χ0v) is 12.5. The minimum absolute atomic E-state index is 0.0461. The third kappa shape index (κ3) is 4.44. The van der Waals surface area contributed by atoms with Crippen molar-refractivity contribution in [2.75, 3.05) is 24.3 Å². The van der Waals surface area contributed by atoms with Gasteiger partial charge in [-0.2, -0.15) is 18.2 Å². The van der Waals surface area contributed by atoms with E-state index in [9.17, 15) is 18.0 Å². The van der Waals surface area contributed by atoms with Crippen molar-refractivity contribution < 1.29 is 22.5 Å². The molecule has 0 spiro atoms. The summed E-state index contributed by atoms with van der Waals surface area (Å²) in [6, 6.07) is 7.19. The zero-order chi connectivity index (χ0) is 17.0. The van der Waals surface area contributed by atoms with Crippen molar-refractivity contribution in [2.45, 2.75) is 19.0 Å². The zero-order valence-electron chi connectivity index (χ0n) is 12.5. The number of carbonyl (C=O) groups excluding carboxylic acids is 1. The average Bonchev–Trinajstić information content (AvgIpc) is 2.94. The van der Waals surface area contributed by atoms with E-state index in [1.54, 1.807) is 12.1 Å².